The second-order valence-corrected chi connectivity index (χ2v) is 3.94. The molecular formula is C9H7Br2. The summed E-state index contributed by atoms with van der Waals surface area (Å²) < 4.78 is 2.14. The summed E-state index contributed by atoms with van der Waals surface area (Å²) in [5, 5.41) is 0. The first-order valence-electron chi connectivity index (χ1n) is 3.14. The van der Waals surface area contributed by atoms with Gasteiger partial charge in [-0.2, -0.15) is 0 Å². The van der Waals surface area contributed by atoms with E-state index in [2.05, 4.69) is 38.8 Å². The van der Waals surface area contributed by atoms with Crippen LogP contribution in [0.4, 0.5) is 0 Å². The van der Waals surface area contributed by atoms with E-state index in [1.807, 2.05) is 24.3 Å². The van der Waals surface area contributed by atoms with E-state index in [9.17, 15) is 0 Å². The van der Waals surface area contributed by atoms with Gasteiger partial charge in [-0.25, -0.2) is 0 Å². The third-order valence-corrected chi connectivity index (χ3v) is 2.11. The molecule has 1 aromatic carbocycles. The Bertz CT molecular complexity index is 257. The molecule has 0 spiro atoms. The second-order valence-electron chi connectivity index (χ2n) is 2.11. The standard InChI is InChI=1S/C9H7Br2/c1-2-3-7-4-8(10)6-9(11)5-7/h2-6H,1H2/b3-2+. The van der Waals surface area contributed by atoms with Gasteiger partial charge >= 0.3 is 0 Å². The van der Waals surface area contributed by atoms with Gasteiger partial charge in [0.2, 0.25) is 0 Å². The molecule has 0 saturated heterocycles. The van der Waals surface area contributed by atoms with Crippen LogP contribution in [-0.4, -0.2) is 0 Å². The van der Waals surface area contributed by atoms with Crippen LogP contribution in [0.3, 0.4) is 0 Å². The molecule has 0 N–H and O–H groups in total. The van der Waals surface area contributed by atoms with Crippen molar-refractivity contribution < 1.29 is 0 Å². The maximum absolute atomic E-state index is 3.63. The van der Waals surface area contributed by atoms with Crippen molar-refractivity contribution >= 4 is 37.9 Å². The van der Waals surface area contributed by atoms with Gasteiger partial charge in [-0.3, -0.25) is 0 Å². The zero-order chi connectivity index (χ0) is 8.27. The fourth-order valence-corrected chi connectivity index (χ4v) is 2.14. The van der Waals surface area contributed by atoms with Crippen LogP contribution in [0, 0.1) is 6.92 Å². The Morgan fingerprint density at radius 3 is 2.09 bits per heavy atom. The maximum Gasteiger partial charge on any atom is 0.0192 e. The first-order chi connectivity index (χ1) is 5.22. The maximum atomic E-state index is 3.63. The highest BCUT2D eigenvalue weighted by molar-refractivity contribution is 9.11. The van der Waals surface area contributed by atoms with E-state index in [4.69, 9.17) is 0 Å². The zero-order valence-electron chi connectivity index (χ0n) is 5.85. The average Bonchev–Trinajstić information content (AvgIpc) is 1.85. The van der Waals surface area contributed by atoms with Crippen molar-refractivity contribution in [3.63, 3.8) is 0 Å². The SMILES string of the molecule is [CH2]/C=C/c1cc(Br)cc(Br)c1. The first kappa shape index (κ1) is 9.01. The lowest BCUT2D eigenvalue weighted by Crippen LogP contribution is -1.72. The number of benzene rings is 1. The molecule has 0 fully saturated rings. The molecule has 0 aliphatic heterocycles. The largest absolute Gasteiger partial charge is 0.0836 e. The topological polar surface area (TPSA) is 0 Å². The predicted octanol–water partition coefficient (Wildman–Crippen LogP) is 4.06. The van der Waals surface area contributed by atoms with Gasteiger partial charge in [-0.05, 0) is 30.7 Å². The van der Waals surface area contributed by atoms with Gasteiger partial charge in [-0.15, -0.1) is 0 Å². The van der Waals surface area contributed by atoms with Crippen molar-refractivity contribution in [3.05, 3.63) is 45.7 Å². The zero-order valence-corrected chi connectivity index (χ0v) is 9.02. The monoisotopic (exact) mass is 273 g/mol. The number of allylic oxidation sites excluding steroid dienone is 1. The third kappa shape index (κ3) is 2.80. The molecule has 0 aliphatic rings. The van der Waals surface area contributed by atoms with Crippen LogP contribution < -0.4 is 0 Å². The molecular weight excluding hydrogens is 268 g/mol. The van der Waals surface area contributed by atoms with Crippen molar-refractivity contribution in [1.82, 2.24) is 0 Å². The van der Waals surface area contributed by atoms with Crippen molar-refractivity contribution in [1.29, 1.82) is 0 Å². The van der Waals surface area contributed by atoms with Crippen molar-refractivity contribution in [2.75, 3.05) is 0 Å². The molecule has 2 heteroatoms. The molecule has 0 amide bonds. The number of hydrogen-bond acceptors (Lipinski definition) is 0. The Balaban J connectivity index is 3.08. The number of hydrogen-bond donors (Lipinski definition) is 0. The summed E-state index contributed by atoms with van der Waals surface area (Å²) in [4.78, 5) is 0. The van der Waals surface area contributed by atoms with E-state index in [-0.39, 0.29) is 0 Å². The first-order valence-corrected chi connectivity index (χ1v) is 4.73. The van der Waals surface area contributed by atoms with Gasteiger partial charge < -0.3 is 0 Å². The Kier molecular flexibility index (Phi) is 3.34. The highest BCUT2D eigenvalue weighted by atomic mass is 79.9. The summed E-state index contributed by atoms with van der Waals surface area (Å²) in [6.07, 6.45) is 3.73. The molecule has 11 heavy (non-hydrogen) atoms. The number of halogens is 2. The fourth-order valence-electron chi connectivity index (χ4n) is 0.807. The van der Waals surface area contributed by atoms with Gasteiger partial charge in [0.15, 0.2) is 0 Å². The minimum Gasteiger partial charge on any atom is -0.0836 e. The third-order valence-electron chi connectivity index (χ3n) is 1.20. The lowest BCUT2D eigenvalue weighted by atomic mass is 10.2. The molecule has 1 rings (SSSR count). The summed E-state index contributed by atoms with van der Waals surface area (Å²) in [7, 11) is 0. The van der Waals surface area contributed by atoms with Gasteiger partial charge in [-0.1, -0.05) is 44.0 Å². The van der Waals surface area contributed by atoms with Crippen molar-refractivity contribution in [3.8, 4) is 0 Å². The van der Waals surface area contributed by atoms with Crippen LogP contribution >= 0.6 is 31.9 Å². The fraction of sp³-hybridized carbons (Fsp3) is 0. The lowest BCUT2D eigenvalue weighted by Gasteiger charge is -1.96. The van der Waals surface area contributed by atoms with E-state index in [0.717, 1.165) is 14.5 Å². The Labute approximate surface area is 83.6 Å². The average molecular weight is 275 g/mol. The summed E-state index contributed by atoms with van der Waals surface area (Å²) >= 11 is 6.80. The van der Waals surface area contributed by atoms with Crippen LogP contribution in [0.15, 0.2) is 33.2 Å². The van der Waals surface area contributed by atoms with Crippen LogP contribution in [0.2, 0.25) is 0 Å². The lowest BCUT2D eigenvalue weighted by molar-refractivity contribution is 1.57. The Morgan fingerprint density at radius 2 is 1.64 bits per heavy atom. The van der Waals surface area contributed by atoms with E-state index >= 15 is 0 Å². The van der Waals surface area contributed by atoms with Gasteiger partial charge in [0, 0.05) is 8.95 Å². The van der Waals surface area contributed by atoms with Gasteiger partial charge in [0.1, 0.15) is 0 Å². The van der Waals surface area contributed by atoms with Crippen LogP contribution in [0.5, 0.6) is 0 Å². The van der Waals surface area contributed by atoms with Crippen LogP contribution in [-0.2, 0) is 0 Å². The molecule has 0 atom stereocenters. The Morgan fingerprint density at radius 1 is 1.09 bits per heavy atom. The van der Waals surface area contributed by atoms with E-state index in [0.29, 0.717) is 0 Å². The molecule has 0 nitrogen and oxygen atoms in total. The van der Waals surface area contributed by atoms with E-state index in [1.165, 1.54) is 0 Å². The minimum atomic E-state index is 1.07. The molecule has 57 valence electrons. The molecule has 0 saturated carbocycles. The predicted molar refractivity (Wildman–Crippen MR) is 56.2 cm³/mol. The summed E-state index contributed by atoms with van der Waals surface area (Å²) in [6.45, 7) is 3.63. The van der Waals surface area contributed by atoms with Crippen molar-refractivity contribution in [2.24, 2.45) is 0 Å². The summed E-state index contributed by atoms with van der Waals surface area (Å²) in [5.74, 6) is 0. The highest BCUT2D eigenvalue weighted by Crippen LogP contribution is 2.20. The molecule has 0 aliphatic carbocycles. The molecule has 0 heterocycles. The molecule has 0 bridgehead atoms. The molecule has 0 aromatic heterocycles. The smallest absolute Gasteiger partial charge is 0.0192 e. The number of rotatable bonds is 1. The van der Waals surface area contributed by atoms with E-state index < -0.39 is 0 Å². The molecule has 1 radical (unpaired) electrons. The van der Waals surface area contributed by atoms with Crippen LogP contribution in [0.25, 0.3) is 6.08 Å². The minimum absolute atomic E-state index is 1.07. The Hall–Kier alpha value is -0.0800. The van der Waals surface area contributed by atoms with Gasteiger partial charge in [0.05, 0.1) is 0 Å². The van der Waals surface area contributed by atoms with Gasteiger partial charge in [0.25, 0.3) is 0 Å². The van der Waals surface area contributed by atoms with Crippen LogP contribution in [0.1, 0.15) is 5.56 Å². The molecule has 1 aromatic rings. The second kappa shape index (κ2) is 4.07. The normalized spacial score (nSPS) is 10.8. The summed E-state index contributed by atoms with van der Waals surface area (Å²) in [6, 6.07) is 6.07. The van der Waals surface area contributed by atoms with Crippen molar-refractivity contribution in [2.45, 2.75) is 0 Å². The highest BCUT2D eigenvalue weighted by Gasteiger charge is 1.92. The quantitative estimate of drug-likeness (QED) is 0.725. The molecule has 0 unspecified atom stereocenters. The van der Waals surface area contributed by atoms with E-state index in [1.54, 1.807) is 6.08 Å². The summed E-state index contributed by atoms with van der Waals surface area (Å²) in [5.41, 5.74) is 1.14.